The Morgan fingerprint density at radius 2 is 2.22 bits per heavy atom. The fourth-order valence-electron chi connectivity index (χ4n) is 2.09. The number of hydrogen-bond acceptors (Lipinski definition) is 4. The van der Waals surface area contributed by atoms with Crippen LogP contribution in [-0.2, 0) is 11.3 Å². The van der Waals surface area contributed by atoms with Gasteiger partial charge in [-0.3, -0.25) is 0 Å². The van der Waals surface area contributed by atoms with Gasteiger partial charge in [0.05, 0.1) is 6.61 Å². The lowest BCUT2D eigenvalue weighted by Crippen LogP contribution is -2.09. The molecule has 5 nitrogen and oxygen atoms in total. The van der Waals surface area contributed by atoms with Gasteiger partial charge in [-0.25, -0.2) is 9.48 Å². The molecular weight excluding hydrogens is 230 g/mol. The van der Waals surface area contributed by atoms with Crippen molar-refractivity contribution in [3.05, 3.63) is 11.3 Å². The van der Waals surface area contributed by atoms with Gasteiger partial charge in [0, 0.05) is 12.1 Å². The molecule has 0 saturated heterocycles. The number of nitrogens with two attached hydrogens (primary N) is 1. The van der Waals surface area contributed by atoms with Gasteiger partial charge in [0.1, 0.15) is 5.82 Å². The van der Waals surface area contributed by atoms with Crippen LogP contribution in [0.3, 0.4) is 0 Å². The predicted molar refractivity (Wildman–Crippen MR) is 69.5 cm³/mol. The van der Waals surface area contributed by atoms with Gasteiger partial charge in [0.2, 0.25) is 0 Å². The first-order chi connectivity index (χ1) is 8.69. The molecule has 0 radical (unpaired) electrons. The van der Waals surface area contributed by atoms with Crippen molar-refractivity contribution in [2.24, 2.45) is 0 Å². The van der Waals surface area contributed by atoms with Crippen LogP contribution in [0.5, 0.6) is 0 Å². The van der Waals surface area contributed by atoms with Crippen LogP contribution >= 0.6 is 0 Å². The van der Waals surface area contributed by atoms with E-state index in [0.717, 1.165) is 37.8 Å². The zero-order valence-corrected chi connectivity index (χ0v) is 11.1. The van der Waals surface area contributed by atoms with Crippen molar-refractivity contribution in [2.45, 2.75) is 52.0 Å². The summed E-state index contributed by atoms with van der Waals surface area (Å²) in [6.45, 7) is 5.05. The van der Waals surface area contributed by atoms with E-state index in [0.29, 0.717) is 24.0 Å². The molecule has 0 aromatic carbocycles. The minimum atomic E-state index is -0.346. The third kappa shape index (κ3) is 2.49. The van der Waals surface area contributed by atoms with Crippen molar-refractivity contribution in [1.29, 1.82) is 0 Å². The van der Waals surface area contributed by atoms with Crippen molar-refractivity contribution in [3.8, 4) is 0 Å². The van der Waals surface area contributed by atoms with Gasteiger partial charge in [0.15, 0.2) is 5.69 Å². The summed E-state index contributed by atoms with van der Waals surface area (Å²) < 4.78 is 6.80. The van der Waals surface area contributed by atoms with Crippen molar-refractivity contribution in [1.82, 2.24) is 9.78 Å². The second kappa shape index (κ2) is 5.42. The Morgan fingerprint density at radius 3 is 2.78 bits per heavy atom. The zero-order chi connectivity index (χ0) is 13.1. The Labute approximate surface area is 107 Å². The summed E-state index contributed by atoms with van der Waals surface area (Å²) in [4.78, 5) is 11.9. The highest BCUT2D eigenvalue weighted by atomic mass is 16.5. The molecule has 5 heteroatoms. The lowest BCUT2D eigenvalue weighted by molar-refractivity contribution is 0.0517. The molecule has 0 amide bonds. The summed E-state index contributed by atoms with van der Waals surface area (Å²) >= 11 is 0. The fraction of sp³-hybridized carbons (Fsp3) is 0.692. The monoisotopic (exact) mass is 251 g/mol. The number of carbonyl (C=O) groups excluding carboxylic acids is 1. The Hall–Kier alpha value is -1.52. The van der Waals surface area contributed by atoms with Crippen LogP contribution in [-0.4, -0.2) is 22.4 Å². The molecule has 100 valence electrons. The van der Waals surface area contributed by atoms with Crippen LogP contribution in [0.4, 0.5) is 5.82 Å². The van der Waals surface area contributed by atoms with Gasteiger partial charge < -0.3 is 10.5 Å². The Morgan fingerprint density at radius 1 is 1.50 bits per heavy atom. The Kier molecular flexibility index (Phi) is 3.89. The molecule has 1 heterocycles. The third-order valence-electron chi connectivity index (χ3n) is 3.21. The molecular formula is C13H21N3O2. The van der Waals surface area contributed by atoms with E-state index in [9.17, 15) is 4.79 Å². The Bertz CT molecular complexity index is 436. The highest BCUT2D eigenvalue weighted by Crippen LogP contribution is 2.44. The lowest BCUT2D eigenvalue weighted by Gasteiger charge is -2.03. The van der Waals surface area contributed by atoms with Crippen LogP contribution in [0, 0.1) is 0 Å². The number of anilines is 1. The number of aromatic nitrogens is 2. The van der Waals surface area contributed by atoms with Crippen LogP contribution in [0.1, 0.15) is 61.5 Å². The number of aryl methyl sites for hydroxylation is 1. The van der Waals surface area contributed by atoms with E-state index < -0.39 is 0 Å². The maximum atomic E-state index is 11.9. The van der Waals surface area contributed by atoms with Crippen LogP contribution in [0.2, 0.25) is 0 Å². The molecule has 2 N–H and O–H groups in total. The number of esters is 1. The van der Waals surface area contributed by atoms with E-state index in [1.165, 1.54) is 0 Å². The minimum absolute atomic E-state index is 0.346. The third-order valence-corrected chi connectivity index (χ3v) is 3.21. The van der Waals surface area contributed by atoms with Gasteiger partial charge in [-0.2, -0.15) is 5.10 Å². The van der Waals surface area contributed by atoms with Crippen molar-refractivity contribution in [2.75, 3.05) is 12.3 Å². The first-order valence-electron chi connectivity index (χ1n) is 6.72. The van der Waals surface area contributed by atoms with Crippen LogP contribution in [0.25, 0.3) is 0 Å². The van der Waals surface area contributed by atoms with E-state index >= 15 is 0 Å². The molecule has 1 aliphatic carbocycles. The normalized spacial score (nSPS) is 14.8. The predicted octanol–water partition coefficient (Wildman–Crippen LogP) is 2.32. The first-order valence-corrected chi connectivity index (χ1v) is 6.72. The number of unbranched alkanes of at least 4 members (excludes halogenated alkanes) is 1. The smallest absolute Gasteiger partial charge is 0.359 e. The van der Waals surface area contributed by atoms with Crippen molar-refractivity contribution < 1.29 is 9.53 Å². The molecule has 0 spiro atoms. The topological polar surface area (TPSA) is 70.1 Å². The van der Waals surface area contributed by atoms with Gasteiger partial charge in [0.25, 0.3) is 0 Å². The summed E-state index contributed by atoms with van der Waals surface area (Å²) in [6, 6.07) is 0. The summed E-state index contributed by atoms with van der Waals surface area (Å²) in [5, 5.41) is 4.34. The quantitative estimate of drug-likeness (QED) is 0.788. The van der Waals surface area contributed by atoms with E-state index in [1.807, 2.05) is 0 Å². The molecule has 18 heavy (non-hydrogen) atoms. The molecule has 0 aliphatic heterocycles. The molecule has 2 rings (SSSR count). The molecule has 0 atom stereocenters. The highest BCUT2D eigenvalue weighted by molar-refractivity contribution is 5.91. The van der Waals surface area contributed by atoms with E-state index in [1.54, 1.807) is 11.6 Å². The molecule has 0 unspecified atom stereocenters. The standard InChI is InChI=1S/C13H21N3O2/c1-3-5-8-16-12(14)10(9-6-7-9)11(15-16)13(17)18-4-2/h9H,3-8,14H2,1-2H3. The van der Waals surface area contributed by atoms with Gasteiger partial charge in [-0.1, -0.05) is 13.3 Å². The Balaban J connectivity index is 2.28. The van der Waals surface area contributed by atoms with Crippen LogP contribution in [0.15, 0.2) is 0 Å². The molecule has 1 aliphatic rings. The lowest BCUT2D eigenvalue weighted by atomic mass is 10.1. The maximum Gasteiger partial charge on any atom is 0.359 e. The summed E-state index contributed by atoms with van der Waals surface area (Å²) in [5.41, 5.74) is 7.44. The summed E-state index contributed by atoms with van der Waals surface area (Å²) in [7, 11) is 0. The van der Waals surface area contributed by atoms with E-state index in [2.05, 4.69) is 12.0 Å². The fourth-order valence-corrected chi connectivity index (χ4v) is 2.09. The number of hydrogen-bond donors (Lipinski definition) is 1. The largest absolute Gasteiger partial charge is 0.461 e. The first kappa shape index (κ1) is 12.9. The zero-order valence-electron chi connectivity index (χ0n) is 11.1. The summed E-state index contributed by atoms with van der Waals surface area (Å²) in [5.74, 6) is 0.704. The van der Waals surface area contributed by atoms with E-state index in [-0.39, 0.29) is 5.97 Å². The van der Waals surface area contributed by atoms with Crippen LogP contribution < -0.4 is 5.73 Å². The summed E-state index contributed by atoms with van der Waals surface area (Å²) in [6.07, 6.45) is 4.28. The number of rotatable bonds is 6. The van der Waals surface area contributed by atoms with Crippen molar-refractivity contribution in [3.63, 3.8) is 0 Å². The number of nitrogen functional groups attached to an aromatic ring is 1. The number of ether oxygens (including phenoxy) is 1. The van der Waals surface area contributed by atoms with Gasteiger partial charge >= 0.3 is 5.97 Å². The molecule has 1 aromatic rings. The second-order valence-corrected chi connectivity index (χ2v) is 4.72. The second-order valence-electron chi connectivity index (χ2n) is 4.72. The number of nitrogens with zero attached hydrogens (tertiary/aromatic N) is 2. The SMILES string of the molecule is CCCCn1nc(C(=O)OCC)c(C2CC2)c1N. The van der Waals surface area contributed by atoms with Gasteiger partial charge in [-0.05, 0) is 32.1 Å². The number of carbonyl (C=O) groups is 1. The molecule has 0 bridgehead atoms. The average molecular weight is 251 g/mol. The van der Waals surface area contributed by atoms with Gasteiger partial charge in [-0.15, -0.1) is 0 Å². The average Bonchev–Trinajstić information content (AvgIpc) is 3.12. The minimum Gasteiger partial charge on any atom is -0.461 e. The molecule has 1 saturated carbocycles. The molecule has 1 fully saturated rings. The van der Waals surface area contributed by atoms with E-state index in [4.69, 9.17) is 10.5 Å². The highest BCUT2D eigenvalue weighted by Gasteiger charge is 2.34. The molecule has 1 aromatic heterocycles. The van der Waals surface area contributed by atoms with Crippen molar-refractivity contribution >= 4 is 11.8 Å². The maximum absolute atomic E-state index is 11.9.